The van der Waals surface area contributed by atoms with Gasteiger partial charge in [-0.2, -0.15) is 0 Å². The van der Waals surface area contributed by atoms with Gasteiger partial charge in [0.1, 0.15) is 23.9 Å². The number of hydrogen-bond donors (Lipinski definition) is 1. The molecule has 1 aliphatic rings. The van der Waals surface area contributed by atoms with Gasteiger partial charge in [0.05, 0.1) is 42.7 Å². The fourth-order valence-electron chi connectivity index (χ4n) is 5.29. The van der Waals surface area contributed by atoms with Gasteiger partial charge in [0.15, 0.2) is 16.6 Å². The number of aliphatic hydroxyl groups is 1. The van der Waals surface area contributed by atoms with Crippen molar-refractivity contribution in [3.63, 3.8) is 0 Å². The molecule has 5 aromatic rings. The number of rotatable bonds is 11. The number of anilines is 1. The molecule has 1 saturated heterocycles. The first-order chi connectivity index (χ1) is 22.4. The topological polar surface area (TPSA) is 107 Å². The molecule has 1 atom stereocenters. The first-order valence-electron chi connectivity index (χ1n) is 14.7. The van der Waals surface area contributed by atoms with Crippen molar-refractivity contribution in [3.05, 3.63) is 113 Å². The van der Waals surface area contributed by atoms with Crippen LogP contribution in [0.3, 0.4) is 0 Å². The largest absolute Gasteiger partial charge is 0.507 e. The smallest absolute Gasteiger partial charge is 0.301 e. The van der Waals surface area contributed by atoms with Crippen LogP contribution in [-0.4, -0.2) is 42.6 Å². The number of Topliss-reactive ketones (excluding diaryl/α,β-unsaturated/α-hetero) is 1. The Kier molecular flexibility index (Phi) is 8.89. The molecule has 1 fully saturated rings. The van der Waals surface area contributed by atoms with E-state index < -0.39 is 17.7 Å². The molecule has 6 rings (SSSR count). The first kappa shape index (κ1) is 30.7. The lowest BCUT2D eigenvalue weighted by atomic mass is 9.95. The van der Waals surface area contributed by atoms with Crippen LogP contribution in [0.2, 0.25) is 0 Å². The molecule has 0 radical (unpaired) electrons. The van der Waals surface area contributed by atoms with Crippen LogP contribution in [0.15, 0.2) is 96.6 Å². The third-order valence-corrected chi connectivity index (χ3v) is 8.57. The quantitative estimate of drug-likeness (QED) is 0.0914. The molecule has 1 amide bonds. The SMILES string of the molecule is CCCOc1cccc(C(O)=C2C(=O)C(=O)N(c3nc4ccc(OC)cc4s3)C2c2ccc(OCc3ccccc3)c(OC)c2)c1. The summed E-state index contributed by atoms with van der Waals surface area (Å²) in [5, 5.41) is 12.0. The summed E-state index contributed by atoms with van der Waals surface area (Å²) in [6.07, 6.45) is 0.808. The van der Waals surface area contributed by atoms with Crippen LogP contribution in [0, 0.1) is 0 Å². The maximum atomic E-state index is 13.8. The molecule has 234 valence electrons. The zero-order valence-corrected chi connectivity index (χ0v) is 26.4. The fourth-order valence-corrected chi connectivity index (χ4v) is 6.31. The number of amides is 1. The Morgan fingerprint density at radius 1 is 0.870 bits per heavy atom. The number of benzene rings is 4. The van der Waals surface area contributed by atoms with E-state index in [2.05, 4.69) is 0 Å². The minimum atomic E-state index is -1.01. The van der Waals surface area contributed by atoms with Crippen molar-refractivity contribution in [2.75, 3.05) is 25.7 Å². The first-order valence-corrected chi connectivity index (χ1v) is 15.6. The Morgan fingerprint density at radius 2 is 1.70 bits per heavy atom. The number of aromatic nitrogens is 1. The van der Waals surface area contributed by atoms with Gasteiger partial charge in [0, 0.05) is 5.56 Å². The van der Waals surface area contributed by atoms with Gasteiger partial charge in [-0.15, -0.1) is 0 Å². The zero-order valence-electron chi connectivity index (χ0n) is 25.6. The number of thiazole rings is 1. The Hall–Kier alpha value is -5.35. The molecule has 1 aliphatic heterocycles. The van der Waals surface area contributed by atoms with Crippen molar-refractivity contribution < 1.29 is 33.6 Å². The Bertz CT molecular complexity index is 1940. The molecule has 4 aromatic carbocycles. The lowest BCUT2D eigenvalue weighted by molar-refractivity contribution is -0.132. The summed E-state index contributed by atoms with van der Waals surface area (Å²) in [5.41, 5.74) is 2.43. The van der Waals surface area contributed by atoms with Crippen LogP contribution in [0.4, 0.5) is 5.13 Å². The standard InChI is InChI=1S/C36H32N2O7S/c1-4-17-44-26-12-8-11-24(18-26)33(39)31-32(23-13-16-28(29(19-23)43-3)45-21-22-9-6-5-7-10-22)38(35(41)34(31)40)36-37-27-15-14-25(42-2)20-30(27)46-36/h5-16,18-20,32,39H,4,17,21H2,1-3H3. The molecule has 2 heterocycles. The Morgan fingerprint density at radius 3 is 2.46 bits per heavy atom. The summed E-state index contributed by atoms with van der Waals surface area (Å²) in [5.74, 6) is 0.115. The number of fused-ring (bicyclic) bond motifs is 1. The number of aliphatic hydroxyl groups excluding tert-OH is 1. The van der Waals surface area contributed by atoms with Gasteiger partial charge in [-0.1, -0.05) is 66.8 Å². The number of hydrogen-bond acceptors (Lipinski definition) is 9. The Balaban J connectivity index is 1.47. The number of carbonyl (C=O) groups excluding carboxylic acids is 2. The second kappa shape index (κ2) is 13.3. The third-order valence-electron chi connectivity index (χ3n) is 7.56. The van der Waals surface area contributed by atoms with Gasteiger partial charge in [-0.05, 0) is 60.0 Å². The molecule has 0 saturated carbocycles. The second-order valence-electron chi connectivity index (χ2n) is 10.6. The van der Waals surface area contributed by atoms with E-state index in [9.17, 15) is 14.7 Å². The molecule has 0 aliphatic carbocycles. The summed E-state index contributed by atoms with van der Waals surface area (Å²) < 4.78 is 23.7. The van der Waals surface area contributed by atoms with Crippen LogP contribution < -0.4 is 23.8 Å². The van der Waals surface area contributed by atoms with Crippen molar-refractivity contribution >= 4 is 44.1 Å². The molecule has 9 nitrogen and oxygen atoms in total. The number of nitrogens with zero attached hydrogens (tertiary/aromatic N) is 2. The van der Waals surface area contributed by atoms with Crippen molar-refractivity contribution in [2.45, 2.75) is 26.0 Å². The lowest BCUT2D eigenvalue weighted by Gasteiger charge is -2.24. The van der Waals surface area contributed by atoms with E-state index in [1.807, 2.05) is 43.3 Å². The molecule has 0 spiro atoms. The molecule has 1 N–H and O–H groups in total. The molecule has 1 unspecified atom stereocenters. The summed E-state index contributed by atoms with van der Waals surface area (Å²) >= 11 is 1.25. The number of carbonyl (C=O) groups is 2. The highest BCUT2D eigenvalue weighted by Gasteiger charge is 2.48. The normalized spacial score (nSPS) is 15.7. The minimum absolute atomic E-state index is 0.0746. The maximum Gasteiger partial charge on any atom is 0.301 e. The van der Waals surface area contributed by atoms with Gasteiger partial charge in [-0.25, -0.2) is 4.98 Å². The van der Waals surface area contributed by atoms with Crippen LogP contribution in [0.25, 0.3) is 16.0 Å². The van der Waals surface area contributed by atoms with Gasteiger partial charge in [0.2, 0.25) is 0 Å². The summed E-state index contributed by atoms with van der Waals surface area (Å²) in [6, 6.07) is 26.2. The van der Waals surface area contributed by atoms with Crippen molar-refractivity contribution in [2.24, 2.45) is 0 Å². The van der Waals surface area contributed by atoms with E-state index in [0.29, 0.717) is 58.0 Å². The molecule has 1 aromatic heterocycles. The fraction of sp³-hybridized carbons (Fsp3) is 0.194. The highest BCUT2D eigenvalue weighted by atomic mass is 32.1. The molecule has 10 heteroatoms. The van der Waals surface area contributed by atoms with Gasteiger partial charge in [-0.3, -0.25) is 14.5 Å². The number of methoxy groups -OCH3 is 2. The van der Waals surface area contributed by atoms with E-state index in [0.717, 1.165) is 16.7 Å². The average molecular weight is 637 g/mol. The predicted octanol–water partition coefficient (Wildman–Crippen LogP) is 7.31. The van der Waals surface area contributed by atoms with E-state index in [1.54, 1.807) is 61.7 Å². The number of ether oxygens (including phenoxy) is 4. The van der Waals surface area contributed by atoms with Crippen molar-refractivity contribution in [1.82, 2.24) is 4.98 Å². The number of ketones is 1. The third kappa shape index (κ3) is 5.99. The monoisotopic (exact) mass is 636 g/mol. The summed E-state index contributed by atoms with van der Waals surface area (Å²) in [7, 11) is 3.10. The van der Waals surface area contributed by atoms with Crippen LogP contribution >= 0.6 is 11.3 Å². The van der Waals surface area contributed by atoms with Crippen molar-refractivity contribution in [3.8, 4) is 23.0 Å². The van der Waals surface area contributed by atoms with Gasteiger partial charge < -0.3 is 24.1 Å². The molecular formula is C36H32N2O7S. The zero-order chi connectivity index (χ0) is 32.2. The van der Waals surface area contributed by atoms with E-state index in [1.165, 1.54) is 23.3 Å². The van der Waals surface area contributed by atoms with Crippen LogP contribution in [0.5, 0.6) is 23.0 Å². The second-order valence-corrected chi connectivity index (χ2v) is 11.6. The minimum Gasteiger partial charge on any atom is -0.507 e. The Labute approximate surface area is 270 Å². The van der Waals surface area contributed by atoms with E-state index in [-0.39, 0.29) is 11.3 Å². The highest BCUT2D eigenvalue weighted by molar-refractivity contribution is 7.22. The van der Waals surface area contributed by atoms with E-state index >= 15 is 0 Å². The summed E-state index contributed by atoms with van der Waals surface area (Å²) in [6.45, 7) is 2.81. The molecule has 0 bridgehead atoms. The predicted molar refractivity (Wildman–Crippen MR) is 177 cm³/mol. The van der Waals surface area contributed by atoms with Gasteiger partial charge in [0.25, 0.3) is 5.78 Å². The molecular weight excluding hydrogens is 604 g/mol. The van der Waals surface area contributed by atoms with Crippen molar-refractivity contribution in [1.29, 1.82) is 0 Å². The van der Waals surface area contributed by atoms with Crippen LogP contribution in [-0.2, 0) is 16.2 Å². The highest BCUT2D eigenvalue weighted by Crippen LogP contribution is 2.46. The summed E-state index contributed by atoms with van der Waals surface area (Å²) in [4.78, 5) is 33.7. The molecule has 46 heavy (non-hydrogen) atoms. The van der Waals surface area contributed by atoms with Gasteiger partial charge >= 0.3 is 5.91 Å². The average Bonchev–Trinajstić information content (AvgIpc) is 3.63. The van der Waals surface area contributed by atoms with Crippen LogP contribution in [0.1, 0.15) is 36.1 Å². The maximum absolute atomic E-state index is 13.8. The van der Waals surface area contributed by atoms with E-state index in [4.69, 9.17) is 23.9 Å². The lowest BCUT2D eigenvalue weighted by Crippen LogP contribution is -2.29.